The van der Waals surface area contributed by atoms with E-state index in [1.54, 1.807) is 18.3 Å². The van der Waals surface area contributed by atoms with Crippen LogP contribution >= 0.6 is 23.8 Å². The quantitative estimate of drug-likeness (QED) is 0.668. The first-order chi connectivity index (χ1) is 8.24. The molecule has 0 saturated heterocycles. The summed E-state index contributed by atoms with van der Waals surface area (Å²) in [4.78, 5) is 6.90. The fourth-order valence-corrected chi connectivity index (χ4v) is 2.06. The number of aromatic amines is 1. The number of hydrogen-bond donors (Lipinski definition) is 1. The molecule has 3 aromatic rings. The number of nitrogens with one attached hydrogen (secondary N) is 1. The van der Waals surface area contributed by atoms with Gasteiger partial charge in [-0.15, -0.1) is 0 Å². The van der Waals surface area contributed by atoms with Crippen molar-refractivity contribution in [3.63, 3.8) is 0 Å². The van der Waals surface area contributed by atoms with Crippen LogP contribution in [0, 0.1) is 4.77 Å². The molecule has 0 atom stereocenters. The van der Waals surface area contributed by atoms with Crippen LogP contribution in [0.3, 0.4) is 0 Å². The molecular weight excluding hydrogens is 256 g/mol. The summed E-state index contributed by atoms with van der Waals surface area (Å²) < 4.78 is 6.13. The van der Waals surface area contributed by atoms with Crippen molar-refractivity contribution in [3.8, 4) is 11.5 Å². The summed E-state index contributed by atoms with van der Waals surface area (Å²) in [5.74, 6) is 0.696. The number of para-hydroxylation sites is 1. The molecule has 0 unspecified atom stereocenters. The molecule has 5 heteroatoms. The zero-order valence-corrected chi connectivity index (χ0v) is 10.2. The van der Waals surface area contributed by atoms with Gasteiger partial charge in [0, 0.05) is 11.6 Å². The lowest BCUT2D eigenvalue weighted by Gasteiger charge is -1.95. The standard InChI is InChI=1S/C12H7ClN2OS/c13-8-3-1-2-7-6-10(16-11(7)8)9-4-5-14-12(17)15-9/h1-6H,(H,14,15,17). The van der Waals surface area contributed by atoms with Gasteiger partial charge in [0.05, 0.1) is 10.7 Å². The fraction of sp³-hybridized carbons (Fsp3) is 0. The van der Waals surface area contributed by atoms with E-state index in [-0.39, 0.29) is 0 Å². The normalized spacial score (nSPS) is 10.9. The molecule has 0 fully saturated rings. The van der Waals surface area contributed by atoms with Crippen molar-refractivity contribution in [3.05, 3.63) is 46.3 Å². The Hall–Kier alpha value is -1.65. The highest BCUT2D eigenvalue weighted by Gasteiger charge is 2.08. The van der Waals surface area contributed by atoms with Crippen molar-refractivity contribution < 1.29 is 4.42 Å². The topological polar surface area (TPSA) is 41.8 Å². The van der Waals surface area contributed by atoms with Crippen molar-refractivity contribution in [1.82, 2.24) is 9.97 Å². The first kappa shape index (κ1) is 10.5. The van der Waals surface area contributed by atoms with E-state index in [0.29, 0.717) is 21.1 Å². The van der Waals surface area contributed by atoms with Gasteiger partial charge in [0.1, 0.15) is 0 Å². The minimum Gasteiger partial charge on any atom is -0.453 e. The number of hydrogen-bond acceptors (Lipinski definition) is 3. The summed E-state index contributed by atoms with van der Waals surface area (Å²) in [7, 11) is 0. The zero-order valence-electron chi connectivity index (χ0n) is 8.61. The number of nitrogens with zero attached hydrogens (tertiary/aromatic N) is 1. The van der Waals surface area contributed by atoms with Crippen LogP contribution in [0.5, 0.6) is 0 Å². The minimum atomic E-state index is 0.425. The van der Waals surface area contributed by atoms with Gasteiger partial charge in [-0.3, -0.25) is 0 Å². The van der Waals surface area contributed by atoms with Crippen molar-refractivity contribution in [1.29, 1.82) is 0 Å². The monoisotopic (exact) mass is 262 g/mol. The van der Waals surface area contributed by atoms with Gasteiger partial charge in [0.2, 0.25) is 0 Å². The van der Waals surface area contributed by atoms with Gasteiger partial charge in [0.25, 0.3) is 0 Å². The van der Waals surface area contributed by atoms with Crippen molar-refractivity contribution >= 4 is 34.8 Å². The highest BCUT2D eigenvalue weighted by atomic mass is 35.5. The van der Waals surface area contributed by atoms with Crippen LogP contribution in [0.25, 0.3) is 22.4 Å². The van der Waals surface area contributed by atoms with E-state index in [2.05, 4.69) is 9.97 Å². The molecule has 1 aromatic carbocycles. The summed E-state index contributed by atoms with van der Waals surface area (Å²) in [6, 6.07) is 9.36. The molecule has 0 aliphatic rings. The summed E-state index contributed by atoms with van der Waals surface area (Å²) in [6.45, 7) is 0. The Labute approximate surface area is 107 Å². The number of furan rings is 1. The lowest BCUT2D eigenvalue weighted by Crippen LogP contribution is -1.83. The predicted octanol–water partition coefficient (Wildman–Crippen LogP) is 4.21. The molecule has 0 amide bonds. The molecule has 2 aromatic heterocycles. The average Bonchev–Trinajstić information content (AvgIpc) is 2.74. The summed E-state index contributed by atoms with van der Waals surface area (Å²) in [6.07, 6.45) is 1.64. The Morgan fingerprint density at radius 2 is 2.18 bits per heavy atom. The van der Waals surface area contributed by atoms with Gasteiger partial charge in [-0.25, -0.2) is 4.98 Å². The van der Waals surface area contributed by atoms with Gasteiger partial charge in [-0.2, -0.15) is 0 Å². The summed E-state index contributed by atoms with van der Waals surface area (Å²) >= 11 is 11.0. The predicted molar refractivity (Wildman–Crippen MR) is 69.6 cm³/mol. The maximum Gasteiger partial charge on any atom is 0.197 e. The van der Waals surface area contributed by atoms with E-state index in [0.717, 1.165) is 11.1 Å². The van der Waals surface area contributed by atoms with Gasteiger partial charge >= 0.3 is 0 Å². The number of H-pyrrole nitrogens is 1. The third kappa shape index (κ3) is 1.85. The third-order valence-electron chi connectivity index (χ3n) is 2.44. The Kier molecular flexibility index (Phi) is 2.46. The molecule has 3 nitrogen and oxygen atoms in total. The van der Waals surface area contributed by atoms with E-state index in [1.807, 2.05) is 18.2 Å². The summed E-state index contributed by atoms with van der Waals surface area (Å²) in [5, 5.41) is 1.56. The number of aromatic nitrogens is 2. The maximum atomic E-state index is 6.05. The highest BCUT2D eigenvalue weighted by molar-refractivity contribution is 7.71. The SMILES string of the molecule is S=c1nccc(-c2cc3cccc(Cl)c3o2)[nH]1. The first-order valence-corrected chi connectivity index (χ1v) is 5.76. The first-order valence-electron chi connectivity index (χ1n) is 4.98. The van der Waals surface area contributed by atoms with Crippen LogP contribution in [0.15, 0.2) is 40.9 Å². The fourth-order valence-electron chi connectivity index (χ4n) is 1.67. The molecule has 0 spiro atoms. The van der Waals surface area contributed by atoms with Gasteiger partial charge in [0.15, 0.2) is 16.1 Å². The van der Waals surface area contributed by atoms with Gasteiger partial charge in [-0.05, 0) is 30.4 Å². The van der Waals surface area contributed by atoms with Crippen molar-refractivity contribution in [2.24, 2.45) is 0 Å². The van der Waals surface area contributed by atoms with Crippen LogP contribution in [-0.2, 0) is 0 Å². The van der Waals surface area contributed by atoms with Crippen molar-refractivity contribution in [2.45, 2.75) is 0 Å². The molecule has 17 heavy (non-hydrogen) atoms. The number of rotatable bonds is 1. The number of benzene rings is 1. The molecule has 1 N–H and O–H groups in total. The lowest BCUT2D eigenvalue weighted by molar-refractivity contribution is 0.628. The van der Waals surface area contributed by atoms with Crippen LogP contribution in [-0.4, -0.2) is 9.97 Å². The largest absolute Gasteiger partial charge is 0.453 e. The molecule has 0 bridgehead atoms. The Balaban J connectivity index is 2.25. The Morgan fingerprint density at radius 1 is 1.29 bits per heavy atom. The molecule has 0 aliphatic heterocycles. The molecule has 0 aliphatic carbocycles. The average molecular weight is 263 g/mol. The van der Waals surface area contributed by atoms with E-state index < -0.39 is 0 Å². The molecule has 3 rings (SSSR count). The van der Waals surface area contributed by atoms with E-state index in [4.69, 9.17) is 28.2 Å². The molecular formula is C12H7ClN2OS. The number of fused-ring (bicyclic) bond motifs is 1. The van der Waals surface area contributed by atoms with E-state index >= 15 is 0 Å². The van der Waals surface area contributed by atoms with Crippen LogP contribution in [0.1, 0.15) is 0 Å². The minimum absolute atomic E-state index is 0.425. The lowest BCUT2D eigenvalue weighted by atomic mass is 10.2. The molecule has 0 saturated carbocycles. The van der Waals surface area contributed by atoms with E-state index in [1.165, 1.54) is 0 Å². The third-order valence-corrected chi connectivity index (χ3v) is 2.94. The molecule has 84 valence electrons. The molecule has 0 radical (unpaired) electrons. The van der Waals surface area contributed by atoms with Crippen LogP contribution in [0.2, 0.25) is 5.02 Å². The van der Waals surface area contributed by atoms with Crippen LogP contribution < -0.4 is 0 Å². The second-order valence-corrected chi connectivity index (χ2v) is 4.35. The number of halogens is 1. The highest BCUT2D eigenvalue weighted by Crippen LogP contribution is 2.30. The van der Waals surface area contributed by atoms with E-state index in [9.17, 15) is 0 Å². The smallest absolute Gasteiger partial charge is 0.197 e. The second-order valence-electron chi connectivity index (χ2n) is 3.56. The van der Waals surface area contributed by atoms with Crippen LogP contribution in [0.4, 0.5) is 0 Å². The second kappa shape index (κ2) is 3.98. The van der Waals surface area contributed by atoms with Crippen molar-refractivity contribution in [2.75, 3.05) is 0 Å². The summed E-state index contributed by atoms with van der Waals surface area (Å²) in [5.41, 5.74) is 1.47. The Bertz CT molecular complexity index is 747. The molecule has 2 heterocycles. The zero-order chi connectivity index (χ0) is 11.8. The van der Waals surface area contributed by atoms with Gasteiger partial charge < -0.3 is 9.40 Å². The maximum absolute atomic E-state index is 6.05. The Morgan fingerprint density at radius 3 is 2.94 bits per heavy atom. The van der Waals surface area contributed by atoms with Gasteiger partial charge in [-0.1, -0.05) is 23.7 Å².